The number of rotatable bonds is 6. The lowest BCUT2D eigenvalue weighted by Crippen LogP contribution is -2.19. The van der Waals surface area contributed by atoms with Gasteiger partial charge >= 0.3 is 5.97 Å². The van der Waals surface area contributed by atoms with Gasteiger partial charge in [-0.05, 0) is 18.0 Å². The monoisotopic (exact) mass is 283 g/mol. The fraction of sp³-hybridized carbons (Fsp3) is 0.364. The highest BCUT2D eigenvalue weighted by Gasteiger charge is 2.24. The Morgan fingerprint density at radius 3 is 2.50 bits per heavy atom. The summed E-state index contributed by atoms with van der Waals surface area (Å²) < 4.78 is 0. The van der Waals surface area contributed by atoms with Gasteiger partial charge in [0.15, 0.2) is 0 Å². The molecule has 0 saturated heterocycles. The maximum Gasteiger partial charge on any atom is 0.339 e. The van der Waals surface area contributed by atoms with Crippen molar-refractivity contribution < 1.29 is 30.3 Å². The zero-order valence-electron chi connectivity index (χ0n) is 10.2. The highest BCUT2D eigenvalue weighted by molar-refractivity contribution is 5.91. The molecule has 0 fully saturated rings. The highest BCUT2D eigenvalue weighted by atomic mass is 16.4. The fourth-order valence-corrected chi connectivity index (χ4v) is 1.60. The van der Waals surface area contributed by atoms with Gasteiger partial charge in [0.25, 0.3) is 0 Å². The third-order valence-corrected chi connectivity index (χ3v) is 2.65. The maximum atomic E-state index is 10.8. The summed E-state index contributed by atoms with van der Waals surface area (Å²) in [6, 6.07) is 1.64. The van der Waals surface area contributed by atoms with Gasteiger partial charge in [0.2, 0.25) is 0 Å². The van der Waals surface area contributed by atoms with Crippen molar-refractivity contribution in [2.24, 2.45) is 5.11 Å². The Labute approximate surface area is 113 Å². The van der Waals surface area contributed by atoms with E-state index in [1.807, 2.05) is 0 Å². The lowest BCUT2D eigenvalue weighted by atomic mass is 9.98. The zero-order chi connectivity index (χ0) is 15.3. The minimum atomic E-state index is -1.58. The number of azide groups is 1. The van der Waals surface area contributed by atoms with Gasteiger partial charge in [0.05, 0.1) is 6.10 Å². The quantitative estimate of drug-likeness (QED) is 0.295. The summed E-state index contributed by atoms with van der Waals surface area (Å²) in [5.74, 6) is -2.66. The maximum absolute atomic E-state index is 10.8. The number of carboxylic acid groups (broad SMARTS) is 1. The van der Waals surface area contributed by atoms with Crippen LogP contribution in [0.2, 0.25) is 0 Å². The van der Waals surface area contributed by atoms with Gasteiger partial charge < -0.3 is 25.5 Å². The van der Waals surface area contributed by atoms with Gasteiger partial charge in [0, 0.05) is 23.1 Å². The Bertz CT molecular complexity index is 555. The lowest BCUT2D eigenvalue weighted by molar-refractivity contribution is 0.0136. The molecule has 2 unspecified atom stereocenters. The number of nitrogens with zero attached hydrogens (tertiary/aromatic N) is 3. The first-order valence-electron chi connectivity index (χ1n) is 5.54. The molecule has 0 aliphatic rings. The molecule has 0 aliphatic heterocycles. The molecule has 1 aromatic carbocycles. The Morgan fingerprint density at radius 2 is 1.95 bits per heavy atom. The van der Waals surface area contributed by atoms with E-state index >= 15 is 0 Å². The number of hydrogen-bond acceptors (Lipinski definition) is 6. The van der Waals surface area contributed by atoms with Crippen LogP contribution in [0.4, 0.5) is 0 Å². The summed E-state index contributed by atoms with van der Waals surface area (Å²) in [5.41, 5.74) is 7.33. The zero-order valence-corrected chi connectivity index (χ0v) is 10.2. The average molecular weight is 283 g/mol. The van der Waals surface area contributed by atoms with E-state index < -0.39 is 35.2 Å². The molecule has 9 nitrogen and oxygen atoms in total. The van der Waals surface area contributed by atoms with Gasteiger partial charge in [-0.25, -0.2) is 4.79 Å². The van der Waals surface area contributed by atoms with Crippen molar-refractivity contribution in [1.82, 2.24) is 0 Å². The van der Waals surface area contributed by atoms with E-state index in [0.717, 1.165) is 12.1 Å². The standard InChI is InChI=1S/C11H13N3O6/c12-14-13-2-1-7(15)10(18)5-3-6(11(19)20)9(17)4-8(5)16/h3-4,7,10,15-18H,1-2H2,(H,19,20). The molecule has 0 aliphatic carbocycles. The number of aromatic carboxylic acids is 1. The Balaban J connectivity index is 3.02. The van der Waals surface area contributed by atoms with E-state index in [2.05, 4.69) is 10.0 Å². The number of aliphatic hydroxyl groups is 2. The van der Waals surface area contributed by atoms with E-state index in [0.29, 0.717) is 0 Å². The van der Waals surface area contributed by atoms with Gasteiger partial charge in [-0.2, -0.15) is 0 Å². The molecule has 108 valence electrons. The molecule has 1 aromatic rings. The topological polar surface area (TPSA) is 167 Å². The van der Waals surface area contributed by atoms with Gasteiger partial charge in [0.1, 0.15) is 23.2 Å². The molecule has 20 heavy (non-hydrogen) atoms. The molecular formula is C11H13N3O6. The molecule has 0 heterocycles. The molecule has 0 radical (unpaired) electrons. The molecular weight excluding hydrogens is 270 g/mol. The lowest BCUT2D eigenvalue weighted by Gasteiger charge is -2.19. The van der Waals surface area contributed by atoms with E-state index in [-0.39, 0.29) is 18.5 Å². The van der Waals surface area contributed by atoms with E-state index in [4.69, 9.17) is 10.6 Å². The Kier molecular flexibility index (Phi) is 5.15. The second-order valence-corrected chi connectivity index (χ2v) is 3.99. The van der Waals surface area contributed by atoms with E-state index in [9.17, 15) is 25.2 Å². The van der Waals surface area contributed by atoms with Crippen molar-refractivity contribution in [3.8, 4) is 11.5 Å². The van der Waals surface area contributed by atoms with Crippen molar-refractivity contribution >= 4 is 5.97 Å². The van der Waals surface area contributed by atoms with Crippen LogP contribution in [0.1, 0.15) is 28.4 Å². The fourth-order valence-electron chi connectivity index (χ4n) is 1.60. The summed E-state index contributed by atoms with van der Waals surface area (Å²) in [6.45, 7) is -0.0701. The predicted octanol–water partition coefficient (Wildman–Crippen LogP) is 0.891. The van der Waals surface area contributed by atoms with Crippen molar-refractivity contribution in [2.75, 3.05) is 6.54 Å². The SMILES string of the molecule is [N-]=[N+]=NCCC(O)C(O)c1cc(C(=O)O)c(O)cc1O. The first kappa shape index (κ1) is 15.6. The van der Waals surface area contributed by atoms with Crippen LogP contribution >= 0.6 is 0 Å². The Morgan fingerprint density at radius 1 is 1.30 bits per heavy atom. The molecule has 0 amide bonds. The van der Waals surface area contributed by atoms with Crippen LogP contribution in [0, 0.1) is 0 Å². The molecule has 0 aromatic heterocycles. The summed E-state index contributed by atoms with van der Waals surface area (Å²) in [7, 11) is 0. The summed E-state index contributed by atoms with van der Waals surface area (Å²) in [4.78, 5) is 13.3. The smallest absolute Gasteiger partial charge is 0.339 e. The number of phenolic OH excluding ortho intramolecular Hbond substituents is 1. The van der Waals surface area contributed by atoms with Crippen LogP contribution in [0.15, 0.2) is 17.2 Å². The van der Waals surface area contributed by atoms with E-state index in [1.54, 1.807) is 0 Å². The summed E-state index contributed by atoms with van der Waals surface area (Å²) in [6.07, 6.45) is -3.02. The first-order chi connectivity index (χ1) is 9.38. The number of phenols is 2. The number of carbonyl (C=O) groups is 1. The van der Waals surface area contributed by atoms with Crippen molar-refractivity contribution in [3.63, 3.8) is 0 Å². The van der Waals surface area contributed by atoms with Crippen LogP contribution < -0.4 is 0 Å². The predicted molar refractivity (Wildman–Crippen MR) is 66.3 cm³/mol. The first-order valence-corrected chi connectivity index (χ1v) is 5.54. The molecule has 0 saturated carbocycles. The molecule has 2 atom stereocenters. The third-order valence-electron chi connectivity index (χ3n) is 2.65. The van der Waals surface area contributed by atoms with Crippen LogP contribution in [-0.2, 0) is 0 Å². The second kappa shape index (κ2) is 6.62. The van der Waals surface area contributed by atoms with Crippen LogP contribution in [-0.4, -0.2) is 44.2 Å². The van der Waals surface area contributed by atoms with Gasteiger partial charge in [-0.1, -0.05) is 5.11 Å². The molecule has 0 spiro atoms. The van der Waals surface area contributed by atoms with E-state index in [1.165, 1.54) is 0 Å². The second-order valence-electron chi connectivity index (χ2n) is 3.99. The molecule has 0 bridgehead atoms. The number of hydrogen-bond donors (Lipinski definition) is 5. The van der Waals surface area contributed by atoms with Crippen molar-refractivity contribution in [3.05, 3.63) is 33.7 Å². The minimum Gasteiger partial charge on any atom is -0.507 e. The van der Waals surface area contributed by atoms with Gasteiger partial charge in [-0.15, -0.1) is 0 Å². The van der Waals surface area contributed by atoms with Crippen molar-refractivity contribution in [1.29, 1.82) is 0 Å². The van der Waals surface area contributed by atoms with Crippen LogP contribution in [0.3, 0.4) is 0 Å². The summed E-state index contributed by atoms with van der Waals surface area (Å²) in [5, 5.41) is 50.5. The number of carboxylic acids is 1. The minimum absolute atomic E-state index is 0.0701. The third kappa shape index (κ3) is 3.51. The Hall–Kier alpha value is -2.48. The number of aromatic hydroxyl groups is 2. The summed E-state index contributed by atoms with van der Waals surface area (Å²) >= 11 is 0. The normalized spacial score (nSPS) is 13.3. The van der Waals surface area contributed by atoms with Crippen molar-refractivity contribution in [2.45, 2.75) is 18.6 Å². The molecule has 5 N–H and O–H groups in total. The number of benzene rings is 1. The van der Waals surface area contributed by atoms with Crippen LogP contribution in [0.5, 0.6) is 11.5 Å². The van der Waals surface area contributed by atoms with Crippen LogP contribution in [0.25, 0.3) is 10.4 Å². The average Bonchev–Trinajstić information content (AvgIpc) is 2.37. The number of aliphatic hydroxyl groups excluding tert-OH is 2. The molecule has 1 rings (SSSR count). The highest BCUT2D eigenvalue weighted by Crippen LogP contribution is 2.33. The largest absolute Gasteiger partial charge is 0.507 e. The van der Waals surface area contributed by atoms with Gasteiger partial charge in [-0.3, -0.25) is 0 Å². The molecule has 9 heteroatoms.